The van der Waals surface area contributed by atoms with Gasteiger partial charge in [-0.25, -0.2) is 4.39 Å². The molecule has 2 aromatic rings. The maximum atomic E-state index is 13.0. The van der Waals surface area contributed by atoms with E-state index >= 15 is 0 Å². The standard InChI is InChI=1S/C16H15F4N/c1-11(12-5-3-2-4-6-12)21-10-13-7-8-14(17)9-15(13)16(18,19)20/h2-9,11,21H,10H2,1H3. The minimum atomic E-state index is -4.56. The number of hydrogen-bond donors (Lipinski definition) is 1. The number of halogens is 4. The summed E-state index contributed by atoms with van der Waals surface area (Å²) in [5.74, 6) is -0.887. The van der Waals surface area contributed by atoms with Crippen LogP contribution < -0.4 is 5.32 Å². The molecule has 112 valence electrons. The molecule has 0 aromatic heterocycles. The lowest BCUT2D eigenvalue weighted by atomic mass is 10.0. The highest BCUT2D eigenvalue weighted by Gasteiger charge is 2.33. The lowest BCUT2D eigenvalue weighted by Crippen LogP contribution is -2.21. The quantitative estimate of drug-likeness (QED) is 0.807. The van der Waals surface area contributed by atoms with Gasteiger partial charge in [-0.15, -0.1) is 0 Å². The molecule has 1 nitrogen and oxygen atoms in total. The van der Waals surface area contributed by atoms with E-state index in [1.54, 1.807) is 0 Å². The minimum absolute atomic E-state index is 0.0190. The first-order chi connectivity index (χ1) is 9.88. The van der Waals surface area contributed by atoms with Crippen molar-refractivity contribution in [2.24, 2.45) is 0 Å². The van der Waals surface area contributed by atoms with Crippen molar-refractivity contribution in [1.29, 1.82) is 0 Å². The molecule has 0 saturated carbocycles. The Morgan fingerprint density at radius 1 is 1.05 bits per heavy atom. The molecule has 0 spiro atoms. The van der Waals surface area contributed by atoms with E-state index < -0.39 is 17.6 Å². The third-order valence-corrected chi connectivity index (χ3v) is 3.28. The smallest absolute Gasteiger partial charge is 0.306 e. The van der Waals surface area contributed by atoms with E-state index in [2.05, 4.69) is 5.32 Å². The SMILES string of the molecule is CC(NCc1ccc(F)cc1C(F)(F)F)c1ccccc1. The van der Waals surface area contributed by atoms with Gasteiger partial charge in [0.25, 0.3) is 0 Å². The fourth-order valence-electron chi connectivity index (χ4n) is 2.09. The highest BCUT2D eigenvalue weighted by Crippen LogP contribution is 2.32. The molecular formula is C16H15F4N. The lowest BCUT2D eigenvalue weighted by Gasteiger charge is -2.17. The number of alkyl halides is 3. The van der Waals surface area contributed by atoms with Crippen molar-refractivity contribution >= 4 is 0 Å². The van der Waals surface area contributed by atoms with E-state index in [4.69, 9.17) is 0 Å². The van der Waals surface area contributed by atoms with Crippen molar-refractivity contribution in [2.75, 3.05) is 0 Å². The normalized spacial score (nSPS) is 13.2. The van der Waals surface area contributed by atoms with Crippen LogP contribution in [0.3, 0.4) is 0 Å². The van der Waals surface area contributed by atoms with Crippen molar-refractivity contribution < 1.29 is 17.6 Å². The van der Waals surface area contributed by atoms with Gasteiger partial charge in [-0.3, -0.25) is 0 Å². The van der Waals surface area contributed by atoms with Gasteiger partial charge < -0.3 is 5.32 Å². The number of hydrogen-bond acceptors (Lipinski definition) is 1. The van der Waals surface area contributed by atoms with Gasteiger partial charge in [-0.05, 0) is 30.2 Å². The highest BCUT2D eigenvalue weighted by atomic mass is 19.4. The second-order valence-corrected chi connectivity index (χ2v) is 4.81. The van der Waals surface area contributed by atoms with Gasteiger partial charge in [-0.2, -0.15) is 13.2 Å². The van der Waals surface area contributed by atoms with Crippen LogP contribution in [0, 0.1) is 5.82 Å². The molecule has 1 N–H and O–H groups in total. The topological polar surface area (TPSA) is 12.0 Å². The van der Waals surface area contributed by atoms with Crippen molar-refractivity contribution in [3.05, 3.63) is 71.0 Å². The average molecular weight is 297 g/mol. The maximum Gasteiger partial charge on any atom is 0.416 e. The largest absolute Gasteiger partial charge is 0.416 e. The average Bonchev–Trinajstić information content (AvgIpc) is 2.45. The van der Waals surface area contributed by atoms with Crippen LogP contribution in [0.15, 0.2) is 48.5 Å². The zero-order valence-electron chi connectivity index (χ0n) is 11.4. The van der Waals surface area contributed by atoms with Gasteiger partial charge in [0, 0.05) is 12.6 Å². The van der Waals surface area contributed by atoms with E-state index in [0.717, 1.165) is 11.6 Å². The summed E-state index contributed by atoms with van der Waals surface area (Å²) in [5, 5.41) is 3.02. The van der Waals surface area contributed by atoms with Crippen LogP contribution >= 0.6 is 0 Å². The third kappa shape index (κ3) is 4.04. The van der Waals surface area contributed by atoms with Crippen molar-refractivity contribution in [1.82, 2.24) is 5.32 Å². The Hall–Kier alpha value is -1.88. The van der Waals surface area contributed by atoms with Crippen LogP contribution in [-0.2, 0) is 12.7 Å². The first kappa shape index (κ1) is 15.5. The van der Waals surface area contributed by atoms with Crippen molar-refractivity contribution in [3.8, 4) is 0 Å². The molecule has 0 aliphatic heterocycles. The Morgan fingerprint density at radius 3 is 2.33 bits per heavy atom. The van der Waals surface area contributed by atoms with E-state index in [9.17, 15) is 17.6 Å². The molecule has 5 heteroatoms. The van der Waals surface area contributed by atoms with Crippen LogP contribution in [0.4, 0.5) is 17.6 Å². The van der Waals surface area contributed by atoms with Crippen molar-refractivity contribution in [3.63, 3.8) is 0 Å². The molecule has 0 aliphatic carbocycles. The molecule has 1 atom stereocenters. The highest BCUT2D eigenvalue weighted by molar-refractivity contribution is 5.30. The molecule has 2 rings (SSSR count). The van der Waals surface area contributed by atoms with E-state index in [1.807, 2.05) is 37.3 Å². The van der Waals surface area contributed by atoms with E-state index in [0.29, 0.717) is 6.07 Å². The van der Waals surface area contributed by atoms with Crippen molar-refractivity contribution in [2.45, 2.75) is 25.7 Å². The summed E-state index contributed by atoms with van der Waals surface area (Å²) in [6.07, 6.45) is -4.56. The number of benzene rings is 2. The zero-order valence-corrected chi connectivity index (χ0v) is 11.4. The van der Waals surface area contributed by atoms with Gasteiger partial charge in [0.2, 0.25) is 0 Å². The van der Waals surface area contributed by atoms with Gasteiger partial charge >= 0.3 is 6.18 Å². The summed E-state index contributed by atoms with van der Waals surface area (Å²) in [7, 11) is 0. The molecule has 0 fully saturated rings. The molecule has 0 bridgehead atoms. The van der Waals surface area contributed by atoms with Gasteiger partial charge in [0.15, 0.2) is 0 Å². The van der Waals surface area contributed by atoms with Crippen LogP contribution in [0.2, 0.25) is 0 Å². The molecule has 2 aromatic carbocycles. The van der Waals surface area contributed by atoms with Gasteiger partial charge in [0.05, 0.1) is 5.56 Å². The molecule has 1 unspecified atom stereocenters. The Balaban J connectivity index is 2.14. The predicted octanol–water partition coefficient (Wildman–Crippen LogP) is 4.70. The van der Waals surface area contributed by atoms with Crippen LogP contribution in [0.25, 0.3) is 0 Å². The first-order valence-corrected chi connectivity index (χ1v) is 6.52. The third-order valence-electron chi connectivity index (χ3n) is 3.28. The minimum Gasteiger partial charge on any atom is -0.306 e. The Bertz CT molecular complexity index is 593. The Kier molecular flexibility index (Phi) is 4.63. The fourth-order valence-corrected chi connectivity index (χ4v) is 2.09. The van der Waals surface area contributed by atoms with E-state index in [1.165, 1.54) is 6.07 Å². The second kappa shape index (κ2) is 6.26. The molecule has 21 heavy (non-hydrogen) atoms. The molecule has 0 saturated heterocycles. The van der Waals surface area contributed by atoms with E-state index in [-0.39, 0.29) is 18.2 Å². The molecular weight excluding hydrogens is 282 g/mol. The molecule has 0 heterocycles. The maximum absolute atomic E-state index is 13.0. The summed E-state index contributed by atoms with van der Waals surface area (Å²) in [4.78, 5) is 0. The Labute approximate surface area is 120 Å². The summed E-state index contributed by atoms with van der Waals surface area (Å²) >= 11 is 0. The first-order valence-electron chi connectivity index (χ1n) is 6.52. The fraction of sp³-hybridized carbons (Fsp3) is 0.250. The van der Waals surface area contributed by atoms with Gasteiger partial charge in [0.1, 0.15) is 5.82 Å². The van der Waals surface area contributed by atoms with Gasteiger partial charge in [-0.1, -0.05) is 36.4 Å². The second-order valence-electron chi connectivity index (χ2n) is 4.81. The summed E-state index contributed by atoms with van der Waals surface area (Å²) in [6, 6.07) is 12.0. The predicted molar refractivity (Wildman–Crippen MR) is 73.1 cm³/mol. The lowest BCUT2D eigenvalue weighted by molar-refractivity contribution is -0.138. The summed E-state index contributed by atoms with van der Waals surface area (Å²) in [6.45, 7) is 1.89. The van der Waals surface area contributed by atoms with Crippen LogP contribution in [0.1, 0.15) is 29.7 Å². The Morgan fingerprint density at radius 2 is 1.71 bits per heavy atom. The van der Waals surface area contributed by atoms with Crippen LogP contribution in [-0.4, -0.2) is 0 Å². The summed E-state index contributed by atoms with van der Waals surface area (Å²) < 4.78 is 51.7. The molecule has 0 radical (unpaired) electrons. The molecule has 0 amide bonds. The molecule has 0 aliphatic rings. The monoisotopic (exact) mass is 297 g/mol. The summed E-state index contributed by atoms with van der Waals surface area (Å²) in [5.41, 5.74) is 0.0788. The van der Waals surface area contributed by atoms with Crippen LogP contribution in [0.5, 0.6) is 0 Å². The number of nitrogens with one attached hydrogen (secondary N) is 1. The zero-order chi connectivity index (χ0) is 15.5. The number of rotatable bonds is 4.